The normalized spacial score (nSPS) is 44.7. The molecule has 3 saturated carbocycles. The standard InChI is InChI=1S/C27H44O3/c1-17(2)7-6-8-18(3)21-9-10-22-20-16-25(29)30-24-15-19(28)11-13-27(24,5)23(20)12-14-26(21,22)4/h17-18,20-24H,6-16H2,1-5H3/t18-,20+,21-,22+,23+,24+,26-,27-/m1/s1. The Balaban J connectivity index is 1.54. The van der Waals surface area contributed by atoms with E-state index in [1.54, 1.807) is 0 Å². The molecule has 0 unspecified atom stereocenters. The first-order chi connectivity index (χ1) is 14.1. The molecule has 0 aromatic carbocycles. The summed E-state index contributed by atoms with van der Waals surface area (Å²) in [4.78, 5) is 24.9. The monoisotopic (exact) mass is 416 g/mol. The summed E-state index contributed by atoms with van der Waals surface area (Å²) in [6.45, 7) is 12.1. The van der Waals surface area contributed by atoms with Crippen LogP contribution in [-0.4, -0.2) is 17.9 Å². The summed E-state index contributed by atoms with van der Waals surface area (Å²) in [6.07, 6.45) is 11.6. The van der Waals surface area contributed by atoms with Gasteiger partial charge in [0.15, 0.2) is 0 Å². The fraction of sp³-hybridized carbons (Fsp3) is 0.926. The van der Waals surface area contributed by atoms with Gasteiger partial charge in [0.25, 0.3) is 0 Å². The van der Waals surface area contributed by atoms with Crippen LogP contribution >= 0.6 is 0 Å². The zero-order chi connectivity index (χ0) is 21.7. The Hall–Kier alpha value is -0.860. The van der Waals surface area contributed by atoms with Gasteiger partial charge in [-0.05, 0) is 73.0 Å². The second kappa shape index (κ2) is 8.24. The zero-order valence-corrected chi connectivity index (χ0v) is 20.0. The van der Waals surface area contributed by atoms with Crippen LogP contribution in [0, 0.1) is 46.3 Å². The highest BCUT2D eigenvalue weighted by Crippen LogP contribution is 2.66. The van der Waals surface area contributed by atoms with E-state index in [1.165, 1.54) is 44.9 Å². The smallest absolute Gasteiger partial charge is 0.306 e. The second-order valence-electron chi connectivity index (χ2n) is 12.3. The van der Waals surface area contributed by atoms with Crippen molar-refractivity contribution >= 4 is 11.8 Å². The first-order valence-electron chi connectivity index (χ1n) is 12.9. The van der Waals surface area contributed by atoms with Gasteiger partial charge in [-0.15, -0.1) is 0 Å². The third-order valence-corrected chi connectivity index (χ3v) is 10.3. The summed E-state index contributed by atoms with van der Waals surface area (Å²) in [5, 5.41) is 0. The molecule has 1 saturated heterocycles. The average Bonchev–Trinajstić information content (AvgIpc) is 2.97. The maximum Gasteiger partial charge on any atom is 0.306 e. The SMILES string of the molecule is CC(C)CCC[C@@H](C)[C@H]1CC[C@H]2[C@@H]3CC(=O)O[C@H]4CC(=O)CC[C@]4(C)[C@H]3CC[C@]12C. The number of carbonyl (C=O) groups is 2. The van der Waals surface area contributed by atoms with Crippen molar-refractivity contribution in [3.63, 3.8) is 0 Å². The molecule has 170 valence electrons. The topological polar surface area (TPSA) is 43.4 Å². The lowest BCUT2D eigenvalue weighted by molar-refractivity contribution is -0.159. The Labute approximate surface area is 184 Å². The summed E-state index contributed by atoms with van der Waals surface area (Å²) in [5.74, 6) is 4.26. The molecule has 3 aliphatic carbocycles. The molecular weight excluding hydrogens is 372 g/mol. The molecule has 0 N–H and O–H groups in total. The number of ether oxygens (including phenoxy) is 1. The molecule has 1 heterocycles. The van der Waals surface area contributed by atoms with Crippen molar-refractivity contribution in [1.29, 1.82) is 0 Å². The molecule has 1 aliphatic heterocycles. The number of fused-ring (bicyclic) bond motifs is 5. The Kier molecular flexibility index (Phi) is 6.14. The summed E-state index contributed by atoms with van der Waals surface area (Å²) in [5.41, 5.74) is 0.367. The van der Waals surface area contributed by atoms with E-state index in [0.29, 0.717) is 42.4 Å². The van der Waals surface area contributed by atoms with E-state index < -0.39 is 0 Å². The summed E-state index contributed by atoms with van der Waals surface area (Å²) in [7, 11) is 0. The van der Waals surface area contributed by atoms with Gasteiger partial charge in [-0.2, -0.15) is 0 Å². The lowest BCUT2D eigenvalue weighted by atomic mass is 9.49. The lowest BCUT2D eigenvalue weighted by Crippen LogP contribution is -2.51. The molecule has 0 spiro atoms. The minimum Gasteiger partial charge on any atom is -0.461 e. The van der Waals surface area contributed by atoms with E-state index in [1.807, 2.05) is 0 Å². The third-order valence-electron chi connectivity index (χ3n) is 10.3. The lowest BCUT2D eigenvalue weighted by Gasteiger charge is -2.55. The summed E-state index contributed by atoms with van der Waals surface area (Å²) in [6, 6.07) is 0. The van der Waals surface area contributed by atoms with Crippen LogP contribution in [0.4, 0.5) is 0 Å². The maximum atomic E-state index is 12.8. The van der Waals surface area contributed by atoms with Gasteiger partial charge in [0.05, 0.1) is 0 Å². The van der Waals surface area contributed by atoms with E-state index >= 15 is 0 Å². The molecule has 0 aromatic heterocycles. The highest BCUT2D eigenvalue weighted by atomic mass is 16.5. The van der Waals surface area contributed by atoms with Crippen LogP contribution in [0.2, 0.25) is 0 Å². The molecular formula is C27H44O3. The van der Waals surface area contributed by atoms with Crippen LogP contribution < -0.4 is 0 Å². The largest absolute Gasteiger partial charge is 0.461 e. The fourth-order valence-electron chi connectivity index (χ4n) is 8.53. The van der Waals surface area contributed by atoms with Crippen molar-refractivity contribution in [2.75, 3.05) is 0 Å². The van der Waals surface area contributed by atoms with E-state index in [4.69, 9.17) is 4.74 Å². The van der Waals surface area contributed by atoms with Gasteiger partial charge in [0.1, 0.15) is 11.9 Å². The van der Waals surface area contributed by atoms with E-state index in [2.05, 4.69) is 34.6 Å². The quantitative estimate of drug-likeness (QED) is 0.475. The van der Waals surface area contributed by atoms with E-state index in [9.17, 15) is 9.59 Å². The van der Waals surface area contributed by atoms with Gasteiger partial charge in [-0.3, -0.25) is 9.59 Å². The van der Waals surface area contributed by atoms with Crippen LogP contribution in [0.15, 0.2) is 0 Å². The molecule has 0 radical (unpaired) electrons. The van der Waals surface area contributed by atoms with Gasteiger partial charge in [-0.1, -0.05) is 53.9 Å². The van der Waals surface area contributed by atoms with Crippen molar-refractivity contribution in [3.8, 4) is 0 Å². The highest BCUT2D eigenvalue weighted by Gasteiger charge is 2.61. The maximum absolute atomic E-state index is 12.8. The van der Waals surface area contributed by atoms with E-state index in [-0.39, 0.29) is 23.3 Å². The number of esters is 1. The average molecular weight is 417 g/mol. The minimum atomic E-state index is -0.183. The molecule has 3 heteroatoms. The van der Waals surface area contributed by atoms with Gasteiger partial charge >= 0.3 is 5.97 Å². The molecule has 8 atom stereocenters. The number of hydrogen-bond acceptors (Lipinski definition) is 3. The summed E-state index contributed by atoms with van der Waals surface area (Å²) >= 11 is 0. The van der Waals surface area contributed by atoms with Crippen molar-refractivity contribution in [1.82, 2.24) is 0 Å². The summed E-state index contributed by atoms with van der Waals surface area (Å²) < 4.78 is 5.95. The molecule has 0 amide bonds. The van der Waals surface area contributed by atoms with Gasteiger partial charge in [0.2, 0.25) is 0 Å². The van der Waals surface area contributed by atoms with Crippen LogP contribution in [-0.2, 0) is 14.3 Å². The molecule has 0 aromatic rings. The molecule has 4 rings (SSSR count). The first kappa shape index (κ1) is 22.3. The van der Waals surface area contributed by atoms with Crippen molar-refractivity contribution in [2.24, 2.45) is 46.3 Å². The van der Waals surface area contributed by atoms with Crippen LogP contribution in [0.1, 0.15) is 105 Å². The van der Waals surface area contributed by atoms with Gasteiger partial charge < -0.3 is 4.74 Å². The number of Topliss-reactive ketones (excluding diaryl/α,β-unsaturated/α-hetero) is 1. The highest BCUT2D eigenvalue weighted by molar-refractivity contribution is 5.81. The number of hydrogen-bond donors (Lipinski definition) is 0. The minimum absolute atomic E-state index is 0.00691. The van der Waals surface area contributed by atoms with E-state index in [0.717, 1.165) is 24.2 Å². The van der Waals surface area contributed by atoms with Crippen LogP contribution in [0.5, 0.6) is 0 Å². The second-order valence-corrected chi connectivity index (χ2v) is 12.3. The Morgan fingerprint density at radius 1 is 0.933 bits per heavy atom. The molecule has 3 nitrogen and oxygen atoms in total. The molecule has 4 aliphatic rings. The number of carbonyl (C=O) groups excluding carboxylic acids is 2. The molecule has 0 bridgehead atoms. The van der Waals surface area contributed by atoms with Crippen molar-refractivity contribution in [3.05, 3.63) is 0 Å². The predicted octanol–water partition coefficient (Wildman–Crippen LogP) is 6.58. The molecule has 30 heavy (non-hydrogen) atoms. The Morgan fingerprint density at radius 2 is 1.67 bits per heavy atom. The molecule has 4 fully saturated rings. The van der Waals surface area contributed by atoms with Crippen molar-refractivity contribution in [2.45, 2.75) is 111 Å². The Morgan fingerprint density at radius 3 is 2.40 bits per heavy atom. The van der Waals surface area contributed by atoms with Crippen molar-refractivity contribution < 1.29 is 14.3 Å². The Bertz CT molecular complexity index is 669. The predicted molar refractivity (Wildman–Crippen MR) is 120 cm³/mol. The fourth-order valence-corrected chi connectivity index (χ4v) is 8.53. The zero-order valence-electron chi connectivity index (χ0n) is 20.0. The van der Waals surface area contributed by atoms with Gasteiger partial charge in [0, 0.05) is 24.7 Å². The number of rotatable bonds is 5. The van der Waals surface area contributed by atoms with Crippen LogP contribution in [0.25, 0.3) is 0 Å². The van der Waals surface area contributed by atoms with Gasteiger partial charge in [-0.25, -0.2) is 0 Å². The first-order valence-corrected chi connectivity index (χ1v) is 12.9. The van der Waals surface area contributed by atoms with Crippen LogP contribution in [0.3, 0.4) is 0 Å². The number of ketones is 1. The third kappa shape index (κ3) is 3.77.